The van der Waals surface area contributed by atoms with Gasteiger partial charge in [0.25, 0.3) is 0 Å². The highest BCUT2D eigenvalue weighted by Gasteiger charge is 2.27. The largest absolute Gasteiger partial charge is 0.481 e. The van der Waals surface area contributed by atoms with Crippen LogP contribution in [0.4, 0.5) is 0 Å². The lowest BCUT2D eigenvalue weighted by Crippen LogP contribution is -2.39. The number of aryl methyl sites for hydroxylation is 2. The number of rotatable bonds is 16. The second-order valence-electron chi connectivity index (χ2n) is 11.6. The van der Waals surface area contributed by atoms with Gasteiger partial charge in [0.15, 0.2) is 0 Å². The molecule has 0 fully saturated rings. The molecule has 0 saturated carbocycles. The van der Waals surface area contributed by atoms with Crippen molar-refractivity contribution < 1.29 is 29.4 Å². The van der Waals surface area contributed by atoms with E-state index in [0.29, 0.717) is 32.1 Å². The molecule has 0 aliphatic carbocycles. The molecule has 8 nitrogen and oxygen atoms in total. The molecule has 230 valence electrons. The van der Waals surface area contributed by atoms with Crippen LogP contribution in [0.5, 0.6) is 0 Å². The highest BCUT2D eigenvalue weighted by molar-refractivity contribution is 5.86. The van der Waals surface area contributed by atoms with Gasteiger partial charge in [-0.05, 0) is 61.5 Å². The third-order valence-electron chi connectivity index (χ3n) is 5.53. The number of carboxylic acid groups (broad SMARTS) is 2. The summed E-state index contributed by atoms with van der Waals surface area (Å²) in [4.78, 5) is 46.7. The Morgan fingerprint density at radius 1 is 0.775 bits per heavy atom. The Hall–Kier alpha value is -2.90. The summed E-state index contributed by atoms with van der Waals surface area (Å²) >= 11 is 0. The quantitative estimate of drug-likeness (QED) is 0.179. The maximum absolute atomic E-state index is 12.7. The predicted octanol–water partition coefficient (Wildman–Crippen LogP) is 6.11. The van der Waals surface area contributed by atoms with Crippen LogP contribution in [0.3, 0.4) is 0 Å². The van der Waals surface area contributed by atoms with Gasteiger partial charge in [-0.1, -0.05) is 85.6 Å². The summed E-state index contributed by atoms with van der Waals surface area (Å²) in [6, 6.07) is 8.21. The van der Waals surface area contributed by atoms with Crippen molar-refractivity contribution in [3.05, 3.63) is 35.4 Å². The zero-order valence-corrected chi connectivity index (χ0v) is 26.2. The highest BCUT2D eigenvalue weighted by Crippen LogP contribution is 2.24. The number of unbranched alkanes of at least 4 members (excludes halogenated alkanes) is 1. The molecule has 8 heteroatoms. The number of nitrogens with one attached hydrogen (secondary N) is 2. The van der Waals surface area contributed by atoms with E-state index in [2.05, 4.69) is 71.2 Å². The third-order valence-corrected chi connectivity index (χ3v) is 5.53. The second-order valence-corrected chi connectivity index (χ2v) is 11.6. The minimum Gasteiger partial charge on any atom is -0.481 e. The van der Waals surface area contributed by atoms with Crippen LogP contribution in [0.15, 0.2) is 24.3 Å². The first-order valence-corrected chi connectivity index (χ1v) is 14.7. The van der Waals surface area contributed by atoms with Crippen LogP contribution in [0.1, 0.15) is 105 Å². The molecule has 0 saturated heterocycles. The van der Waals surface area contributed by atoms with Crippen LogP contribution in [-0.2, 0) is 32.0 Å². The highest BCUT2D eigenvalue weighted by atomic mass is 16.4. The second kappa shape index (κ2) is 23.9. The number of carboxylic acids is 2. The summed E-state index contributed by atoms with van der Waals surface area (Å²) in [5.74, 6) is -2.20. The van der Waals surface area contributed by atoms with E-state index >= 15 is 0 Å². The lowest BCUT2D eigenvalue weighted by atomic mass is 9.86. The van der Waals surface area contributed by atoms with E-state index in [9.17, 15) is 24.3 Å². The molecule has 4 N–H and O–H groups in total. The maximum Gasteiger partial charge on any atom is 0.306 e. The van der Waals surface area contributed by atoms with Crippen LogP contribution in [0.2, 0.25) is 0 Å². The average Bonchev–Trinajstić information content (AvgIpc) is 2.86. The number of likely N-dealkylation sites (N-methyl/N-ethyl adjacent to an activating group) is 1. The van der Waals surface area contributed by atoms with Gasteiger partial charge in [0.2, 0.25) is 11.8 Å². The van der Waals surface area contributed by atoms with Gasteiger partial charge in [0, 0.05) is 19.4 Å². The Morgan fingerprint density at radius 3 is 1.70 bits per heavy atom. The average molecular weight is 565 g/mol. The van der Waals surface area contributed by atoms with Crippen molar-refractivity contribution in [2.75, 3.05) is 13.6 Å². The number of amides is 2. The monoisotopic (exact) mass is 564 g/mol. The molecular weight excluding hydrogens is 508 g/mol. The van der Waals surface area contributed by atoms with Crippen LogP contribution in [0.25, 0.3) is 0 Å². The summed E-state index contributed by atoms with van der Waals surface area (Å²) < 4.78 is 0. The Morgan fingerprint density at radius 2 is 1.27 bits per heavy atom. The lowest BCUT2D eigenvalue weighted by molar-refractivity contribution is -0.143. The Balaban J connectivity index is 0. The van der Waals surface area contributed by atoms with Gasteiger partial charge < -0.3 is 20.8 Å². The molecule has 0 aliphatic heterocycles. The summed E-state index contributed by atoms with van der Waals surface area (Å²) in [5, 5.41) is 23.4. The molecule has 1 unspecified atom stereocenters. The molecule has 1 aromatic carbocycles. The fraction of sp³-hybridized carbons (Fsp3) is 0.688. The molecule has 1 rings (SSSR count). The SMILES string of the molecule is CC(C)C.CC(C)C.CCCc1ccc(CC[C@H](CC(CCCCC(=O)O)C(=O)O)C(=O)NCC(=O)NC)cc1. The lowest BCUT2D eigenvalue weighted by Gasteiger charge is -2.21. The standard InChI is InChI=1S/C24H36N2O6.2C4H10/c1-3-6-17-9-11-18(12-10-17)13-14-19(23(30)26-16-21(27)25-2)15-20(24(31)32)7-4-5-8-22(28)29;2*1-4(2)3/h9-12,19-20H,3-8,13-16H2,1-2H3,(H,25,27)(H,26,30)(H,28,29)(H,31,32);2*4H,1-3H3/t19-,20?;;/m1../s1. The fourth-order valence-corrected chi connectivity index (χ4v) is 3.61. The summed E-state index contributed by atoms with van der Waals surface area (Å²) in [6.07, 6.45) is 4.48. The van der Waals surface area contributed by atoms with E-state index in [1.54, 1.807) is 0 Å². The van der Waals surface area contributed by atoms with E-state index in [-0.39, 0.29) is 31.2 Å². The van der Waals surface area contributed by atoms with Crippen LogP contribution in [-0.4, -0.2) is 47.6 Å². The maximum atomic E-state index is 12.7. The minimum atomic E-state index is -0.992. The first kappa shape index (κ1) is 39.2. The third kappa shape index (κ3) is 24.2. The molecule has 40 heavy (non-hydrogen) atoms. The van der Waals surface area contributed by atoms with Gasteiger partial charge in [-0.25, -0.2) is 0 Å². The van der Waals surface area contributed by atoms with Gasteiger partial charge >= 0.3 is 11.9 Å². The normalized spacial score (nSPS) is 11.8. The van der Waals surface area contributed by atoms with Gasteiger partial charge in [0.1, 0.15) is 0 Å². The minimum absolute atomic E-state index is 0.00356. The molecule has 2 atom stereocenters. The Bertz CT molecular complexity index is 825. The molecule has 0 heterocycles. The van der Waals surface area contributed by atoms with Crippen LogP contribution in [0, 0.1) is 23.7 Å². The van der Waals surface area contributed by atoms with Crippen molar-refractivity contribution in [2.45, 2.75) is 106 Å². The van der Waals surface area contributed by atoms with Crippen molar-refractivity contribution in [3.8, 4) is 0 Å². The molecule has 0 radical (unpaired) electrons. The number of benzene rings is 1. The van der Waals surface area contributed by atoms with E-state index in [0.717, 1.165) is 30.2 Å². The smallest absolute Gasteiger partial charge is 0.306 e. The first-order valence-electron chi connectivity index (χ1n) is 14.7. The predicted molar refractivity (Wildman–Crippen MR) is 162 cm³/mol. The number of aliphatic carboxylic acids is 2. The van der Waals surface area contributed by atoms with E-state index < -0.39 is 23.8 Å². The molecule has 0 bridgehead atoms. The van der Waals surface area contributed by atoms with E-state index in [4.69, 9.17) is 5.11 Å². The molecule has 0 aliphatic rings. The number of hydrogen-bond acceptors (Lipinski definition) is 4. The first-order chi connectivity index (χ1) is 18.7. The topological polar surface area (TPSA) is 133 Å². The van der Waals surface area contributed by atoms with Gasteiger partial charge in [-0.3, -0.25) is 19.2 Å². The number of carbonyl (C=O) groups excluding carboxylic acids is 2. The zero-order chi connectivity index (χ0) is 31.1. The molecular formula is C32H56N2O6. The van der Waals surface area contributed by atoms with Crippen LogP contribution < -0.4 is 10.6 Å². The van der Waals surface area contributed by atoms with Crippen molar-refractivity contribution in [2.24, 2.45) is 23.7 Å². The number of hydrogen-bond donors (Lipinski definition) is 4. The van der Waals surface area contributed by atoms with Gasteiger partial charge in [-0.15, -0.1) is 0 Å². The molecule has 0 spiro atoms. The van der Waals surface area contributed by atoms with E-state index in [1.165, 1.54) is 12.6 Å². The molecule has 0 aromatic heterocycles. The van der Waals surface area contributed by atoms with Crippen LogP contribution >= 0.6 is 0 Å². The Labute approximate surface area is 242 Å². The fourth-order valence-electron chi connectivity index (χ4n) is 3.61. The summed E-state index contributed by atoms with van der Waals surface area (Å²) in [7, 11) is 1.48. The van der Waals surface area contributed by atoms with E-state index in [1.807, 2.05) is 12.1 Å². The Kier molecular flexibility index (Phi) is 23.5. The molecule has 1 aromatic rings. The summed E-state index contributed by atoms with van der Waals surface area (Å²) in [6.45, 7) is 15.0. The van der Waals surface area contributed by atoms with Gasteiger partial charge in [-0.2, -0.15) is 0 Å². The zero-order valence-electron chi connectivity index (χ0n) is 26.2. The van der Waals surface area contributed by atoms with Crippen molar-refractivity contribution in [1.29, 1.82) is 0 Å². The molecule has 2 amide bonds. The van der Waals surface area contributed by atoms with Crippen molar-refractivity contribution >= 4 is 23.8 Å². The number of carbonyl (C=O) groups is 4. The summed E-state index contributed by atoms with van der Waals surface area (Å²) in [5.41, 5.74) is 2.32. The van der Waals surface area contributed by atoms with Crippen molar-refractivity contribution in [3.63, 3.8) is 0 Å². The van der Waals surface area contributed by atoms with Crippen molar-refractivity contribution in [1.82, 2.24) is 10.6 Å². The van der Waals surface area contributed by atoms with Gasteiger partial charge in [0.05, 0.1) is 12.5 Å².